The van der Waals surface area contributed by atoms with Gasteiger partial charge in [-0.05, 0) is 19.8 Å². The van der Waals surface area contributed by atoms with Crippen molar-refractivity contribution in [1.29, 1.82) is 0 Å². The standard InChI is InChI=1S/C11H16N2O4/c1-8-6-13-10(17-8)7-12-9(14)4-2-3-5-11(15)16/h6H,2-5,7H2,1H3,(H,12,14)(H,15,16). The van der Waals surface area contributed by atoms with Crippen LogP contribution in [0.5, 0.6) is 0 Å². The number of carbonyl (C=O) groups excluding carboxylic acids is 1. The number of aryl methyl sites for hydroxylation is 1. The summed E-state index contributed by atoms with van der Waals surface area (Å²) in [7, 11) is 0. The molecular formula is C11H16N2O4. The van der Waals surface area contributed by atoms with Gasteiger partial charge in [0.05, 0.1) is 12.7 Å². The molecular weight excluding hydrogens is 224 g/mol. The maximum absolute atomic E-state index is 11.3. The van der Waals surface area contributed by atoms with Crippen LogP contribution in [0, 0.1) is 6.92 Å². The third-order valence-corrected chi connectivity index (χ3v) is 2.15. The topological polar surface area (TPSA) is 92.4 Å². The van der Waals surface area contributed by atoms with Crippen LogP contribution < -0.4 is 5.32 Å². The summed E-state index contributed by atoms with van der Waals surface area (Å²) >= 11 is 0. The van der Waals surface area contributed by atoms with E-state index in [1.165, 1.54) is 0 Å². The number of hydrogen-bond acceptors (Lipinski definition) is 4. The summed E-state index contributed by atoms with van der Waals surface area (Å²) in [5.41, 5.74) is 0. The summed E-state index contributed by atoms with van der Waals surface area (Å²) in [6, 6.07) is 0. The van der Waals surface area contributed by atoms with E-state index in [1.54, 1.807) is 13.1 Å². The van der Waals surface area contributed by atoms with Crippen molar-refractivity contribution in [3.8, 4) is 0 Å². The SMILES string of the molecule is Cc1cnc(CNC(=O)CCCCC(=O)O)o1. The molecule has 0 aromatic carbocycles. The second-order valence-corrected chi connectivity index (χ2v) is 3.74. The Bertz CT molecular complexity index is 387. The van der Waals surface area contributed by atoms with Gasteiger partial charge in [0.15, 0.2) is 0 Å². The minimum atomic E-state index is -0.833. The molecule has 0 atom stereocenters. The lowest BCUT2D eigenvalue weighted by atomic mass is 10.2. The molecule has 1 aromatic heterocycles. The molecule has 6 nitrogen and oxygen atoms in total. The molecule has 94 valence electrons. The zero-order valence-electron chi connectivity index (χ0n) is 9.73. The largest absolute Gasteiger partial charge is 0.481 e. The van der Waals surface area contributed by atoms with Crippen molar-refractivity contribution in [1.82, 2.24) is 10.3 Å². The molecule has 1 aromatic rings. The van der Waals surface area contributed by atoms with Crippen molar-refractivity contribution in [2.24, 2.45) is 0 Å². The zero-order valence-corrected chi connectivity index (χ0v) is 9.73. The molecule has 0 aliphatic carbocycles. The van der Waals surface area contributed by atoms with Crippen LogP contribution in [-0.2, 0) is 16.1 Å². The maximum atomic E-state index is 11.3. The first-order valence-corrected chi connectivity index (χ1v) is 5.47. The highest BCUT2D eigenvalue weighted by molar-refractivity contribution is 5.75. The number of unbranched alkanes of at least 4 members (excludes halogenated alkanes) is 1. The van der Waals surface area contributed by atoms with E-state index < -0.39 is 5.97 Å². The summed E-state index contributed by atoms with van der Waals surface area (Å²) in [6.45, 7) is 2.05. The minimum Gasteiger partial charge on any atom is -0.481 e. The predicted molar refractivity (Wildman–Crippen MR) is 59.2 cm³/mol. The normalized spacial score (nSPS) is 10.2. The van der Waals surface area contributed by atoms with Crippen LogP contribution in [0.15, 0.2) is 10.6 Å². The second-order valence-electron chi connectivity index (χ2n) is 3.74. The molecule has 0 aliphatic heterocycles. The van der Waals surface area contributed by atoms with Gasteiger partial charge in [0.2, 0.25) is 11.8 Å². The Morgan fingerprint density at radius 2 is 2.12 bits per heavy atom. The van der Waals surface area contributed by atoms with Gasteiger partial charge in [0, 0.05) is 12.8 Å². The Morgan fingerprint density at radius 3 is 2.71 bits per heavy atom. The molecule has 17 heavy (non-hydrogen) atoms. The van der Waals surface area contributed by atoms with Crippen LogP contribution in [0.25, 0.3) is 0 Å². The first-order chi connectivity index (χ1) is 8.08. The Balaban J connectivity index is 2.11. The molecule has 1 rings (SSSR count). The Labute approximate surface area is 99.0 Å². The number of carboxylic acids is 1. The van der Waals surface area contributed by atoms with E-state index in [9.17, 15) is 9.59 Å². The lowest BCUT2D eigenvalue weighted by Gasteiger charge is -2.01. The van der Waals surface area contributed by atoms with Crippen molar-refractivity contribution in [3.63, 3.8) is 0 Å². The minimum absolute atomic E-state index is 0.103. The lowest BCUT2D eigenvalue weighted by molar-refractivity contribution is -0.137. The Hall–Kier alpha value is -1.85. The van der Waals surface area contributed by atoms with Crippen molar-refractivity contribution < 1.29 is 19.1 Å². The number of oxazole rings is 1. The molecule has 0 fully saturated rings. The number of nitrogens with one attached hydrogen (secondary N) is 1. The van der Waals surface area contributed by atoms with E-state index >= 15 is 0 Å². The Morgan fingerprint density at radius 1 is 1.41 bits per heavy atom. The first kappa shape index (κ1) is 13.2. The lowest BCUT2D eigenvalue weighted by Crippen LogP contribution is -2.22. The summed E-state index contributed by atoms with van der Waals surface area (Å²) in [4.78, 5) is 25.5. The maximum Gasteiger partial charge on any atom is 0.303 e. The summed E-state index contributed by atoms with van der Waals surface area (Å²) in [5, 5.41) is 11.1. The fraction of sp³-hybridized carbons (Fsp3) is 0.545. The van der Waals surface area contributed by atoms with Gasteiger partial charge in [-0.15, -0.1) is 0 Å². The number of aromatic nitrogens is 1. The van der Waals surface area contributed by atoms with E-state index in [-0.39, 0.29) is 18.9 Å². The van der Waals surface area contributed by atoms with E-state index in [2.05, 4.69) is 10.3 Å². The number of rotatable bonds is 7. The predicted octanol–water partition coefficient (Wildman–Crippen LogP) is 1.24. The highest BCUT2D eigenvalue weighted by Gasteiger charge is 2.05. The van der Waals surface area contributed by atoms with Crippen molar-refractivity contribution >= 4 is 11.9 Å². The second kappa shape index (κ2) is 6.67. The van der Waals surface area contributed by atoms with Gasteiger partial charge >= 0.3 is 5.97 Å². The highest BCUT2D eigenvalue weighted by Crippen LogP contribution is 2.02. The average Bonchev–Trinajstić information content (AvgIpc) is 2.67. The van der Waals surface area contributed by atoms with E-state index in [0.29, 0.717) is 30.9 Å². The van der Waals surface area contributed by atoms with Crippen molar-refractivity contribution in [2.75, 3.05) is 0 Å². The molecule has 2 N–H and O–H groups in total. The summed E-state index contributed by atoms with van der Waals surface area (Å²) in [5.74, 6) is 0.226. The zero-order chi connectivity index (χ0) is 12.7. The van der Waals surface area contributed by atoms with Crippen LogP contribution in [0.4, 0.5) is 0 Å². The van der Waals surface area contributed by atoms with E-state index in [0.717, 1.165) is 0 Å². The number of hydrogen-bond donors (Lipinski definition) is 2. The third-order valence-electron chi connectivity index (χ3n) is 2.15. The first-order valence-electron chi connectivity index (χ1n) is 5.47. The van der Waals surface area contributed by atoms with Crippen molar-refractivity contribution in [3.05, 3.63) is 17.8 Å². The number of amides is 1. The quantitative estimate of drug-likeness (QED) is 0.699. The van der Waals surface area contributed by atoms with Gasteiger partial charge in [-0.1, -0.05) is 0 Å². The number of aliphatic carboxylic acids is 1. The fourth-order valence-electron chi connectivity index (χ4n) is 1.31. The van der Waals surface area contributed by atoms with Gasteiger partial charge < -0.3 is 14.8 Å². The molecule has 0 saturated heterocycles. The molecule has 0 aliphatic rings. The molecule has 0 bridgehead atoms. The van der Waals surface area contributed by atoms with Crippen molar-refractivity contribution in [2.45, 2.75) is 39.2 Å². The molecule has 0 spiro atoms. The van der Waals surface area contributed by atoms with E-state index in [1.807, 2.05) is 0 Å². The molecule has 0 unspecified atom stereocenters. The Kier molecular flexibility index (Phi) is 5.19. The third kappa shape index (κ3) is 5.70. The van der Waals surface area contributed by atoms with Crippen LogP contribution in [-0.4, -0.2) is 22.0 Å². The van der Waals surface area contributed by atoms with Gasteiger partial charge in [-0.2, -0.15) is 0 Å². The van der Waals surface area contributed by atoms with E-state index in [4.69, 9.17) is 9.52 Å². The smallest absolute Gasteiger partial charge is 0.303 e. The molecule has 6 heteroatoms. The molecule has 1 amide bonds. The van der Waals surface area contributed by atoms with Crippen LogP contribution in [0.3, 0.4) is 0 Å². The monoisotopic (exact) mass is 240 g/mol. The van der Waals surface area contributed by atoms with Crippen LogP contribution in [0.2, 0.25) is 0 Å². The van der Waals surface area contributed by atoms with Crippen LogP contribution >= 0.6 is 0 Å². The number of carbonyl (C=O) groups is 2. The number of carboxylic acid groups (broad SMARTS) is 1. The van der Waals surface area contributed by atoms with Gasteiger partial charge in [-0.3, -0.25) is 9.59 Å². The number of nitrogens with zero attached hydrogens (tertiary/aromatic N) is 1. The van der Waals surface area contributed by atoms with Gasteiger partial charge in [0.1, 0.15) is 5.76 Å². The van der Waals surface area contributed by atoms with Gasteiger partial charge in [-0.25, -0.2) is 4.98 Å². The molecule has 1 heterocycles. The average molecular weight is 240 g/mol. The fourth-order valence-corrected chi connectivity index (χ4v) is 1.31. The summed E-state index contributed by atoms with van der Waals surface area (Å²) < 4.78 is 5.19. The highest BCUT2D eigenvalue weighted by atomic mass is 16.4. The summed E-state index contributed by atoms with van der Waals surface area (Å²) in [6.07, 6.45) is 3.11. The molecule has 0 saturated carbocycles. The molecule has 0 radical (unpaired) electrons. The van der Waals surface area contributed by atoms with Gasteiger partial charge in [0.25, 0.3) is 0 Å². The van der Waals surface area contributed by atoms with Crippen LogP contribution in [0.1, 0.15) is 37.3 Å².